The van der Waals surface area contributed by atoms with Gasteiger partial charge >= 0.3 is 0 Å². The van der Waals surface area contributed by atoms with E-state index >= 15 is 0 Å². The molecule has 0 saturated heterocycles. The van der Waals surface area contributed by atoms with Crippen LogP contribution in [-0.2, 0) is 17.6 Å². The molecule has 3 N–H and O–H groups in total. The highest BCUT2D eigenvalue weighted by Gasteiger charge is 2.07. The molecule has 3 aromatic rings. The molecule has 0 radical (unpaired) electrons. The van der Waals surface area contributed by atoms with Gasteiger partial charge in [0.1, 0.15) is 12.4 Å². The number of aromatic nitrogens is 1. The molecule has 144 valence electrons. The zero-order valence-corrected chi connectivity index (χ0v) is 15.5. The van der Waals surface area contributed by atoms with E-state index in [2.05, 4.69) is 15.5 Å². The van der Waals surface area contributed by atoms with Crippen LogP contribution < -0.4 is 11.1 Å². The normalized spacial score (nSPS) is 11.4. The van der Waals surface area contributed by atoms with Gasteiger partial charge in [0.15, 0.2) is 11.7 Å². The van der Waals surface area contributed by atoms with Gasteiger partial charge in [0.25, 0.3) is 0 Å². The Morgan fingerprint density at radius 3 is 2.64 bits per heavy atom. The van der Waals surface area contributed by atoms with E-state index < -0.39 is 0 Å². The van der Waals surface area contributed by atoms with Crippen molar-refractivity contribution in [2.45, 2.75) is 19.8 Å². The van der Waals surface area contributed by atoms with Crippen LogP contribution in [0.5, 0.6) is 0 Å². The minimum absolute atomic E-state index is 0.0166. The van der Waals surface area contributed by atoms with Crippen molar-refractivity contribution in [1.82, 2.24) is 5.16 Å². The average Bonchev–Trinajstić information content (AvgIpc) is 3.13. The molecule has 2 aromatic carbocycles. The summed E-state index contributed by atoms with van der Waals surface area (Å²) in [5.41, 5.74) is 8.98. The molecule has 28 heavy (non-hydrogen) atoms. The van der Waals surface area contributed by atoms with Crippen LogP contribution in [-0.4, -0.2) is 23.4 Å². The SMILES string of the molecule is CC(=O)CN=C(N)Nc1cc(CCc2ccc(-c3ccccc3F)cc2)no1. The molecule has 7 heteroatoms. The van der Waals surface area contributed by atoms with E-state index in [0.717, 1.165) is 23.2 Å². The number of nitrogens with zero attached hydrogens (tertiary/aromatic N) is 2. The molecule has 0 atom stereocenters. The number of guanidine groups is 1. The fourth-order valence-corrected chi connectivity index (χ4v) is 2.67. The first-order valence-corrected chi connectivity index (χ1v) is 8.87. The molecule has 0 amide bonds. The maximum Gasteiger partial charge on any atom is 0.231 e. The van der Waals surface area contributed by atoms with E-state index in [1.807, 2.05) is 30.3 Å². The molecule has 1 heterocycles. The molecule has 0 spiro atoms. The Bertz CT molecular complexity index is 980. The average molecular weight is 380 g/mol. The highest BCUT2D eigenvalue weighted by Crippen LogP contribution is 2.23. The fourth-order valence-electron chi connectivity index (χ4n) is 2.67. The first-order chi connectivity index (χ1) is 13.5. The predicted octanol–water partition coefficient (Wildman–Crippen LogP) is 3.58. The number of nitrogens with two attached hydrogens (primary N) is 1. The summed E-state index contributed by atoms with van der Waals surface area (Å²) in [6.07, 6.45) is 1.44. The van der Waals surface area contributed by atoms with Crippen molar-refractivity contribution < 1.29 is 13.7 Å². The van der Waals surface area contributed by atoms with E-state index in [9.17, 15) is 9.18 Å². The number of carbonyl (C=O) groups is 1. The lowest BCUT2D eigenvalue weighted by Gasteiger charge is -2.05. The molecular weight excluding hydrogens is 359 g/mol. The first kappa shape index (κ1) is 19.3. The summed E-state index contributed by atoms with van der Waals surface area (Å²) in [5.74, 6) is 0.157. The second-order valence-corrected chi connectivity index (χ2v) is 6.39. The summed E-state index contributed by atoms with van der Waals surface area (Å²) in [4.78, 5) is 14.8. The molecule has 0 fully saturated rings. The number of aliphatic imine (C=N–C) groups is 1. The van der Waals surface area contributed by atoms with Crippen molar-refractivity contribution in [2.75, 3.05) is 11.9 Å². The molecule has 3 rings (SSSR count). The second-order valence-electron chi connectivity index (χ2n) is 6.39. The van der Waals surface area contributed by atoms with Gasteiger partial charge in [-0.25, -0.2) is 9.38 Å². The molecule has 1 aromatic heterocycles. The summed E-state index contributed by atoms with van der Waals surface area (Å²) in [6.45, 7) is 1.45. The van der Waals surface area contributed by atoms with Crippen LogP contribution in [0, 0.1) is 5.82 Å². The Balaban J connectivity index is 1.56. The molecule has 0 bridgehead atoms. The van der Waals surface area contributed by atoms with Gasteiger partial charge in [-0.3, -0.25) is 10.1 Å². The number of rotatable bonds is 7. The number of hydrogen-bond acceptors (Lipinski definition) is 4. The van der Waals surface area contributed by atoms with Gasteiger partial charge in [0.2, 0.25) is 5.88 Å². The van der Waals surface area contributed by atoms with Gasteiger partial charge in [0.05, 0.1) is 5.69 Å². The molecule has 0 aliphatic carbocycles. The summed E-state index contributed by atoms with van der Waals surface area (Å²) in [7, 11) is 0. The van der Waals surface area contributed by atoms with Crippen molar-refractivity contribution in [3.05, 3.63) is 71.7 Å². The summed E-state index contributed by atoms with van der Waals surface area (Å²) in [5, 5.41) is 6.75. The molecular formula is C21H21FN4O2. The third-order valence-electron chi connectivity index (χ3n) is 4.09. The van der Waals surface area contributed by atoms with Crippen molar-refractivity contribution in [3.8, 4) is 11.1 Å². The van der Waals surface area contributed by atoms with Crippen LogP contribution >= 0.6 is 0 Å². The van der Waals surface area contributed by atoms with Gasteiger partial charge in [-0.1, -0.05) is 47.6 Å². The number of nitrogens with one attached hydrogen (secondary N) is 1. The van der Waals surface area contributed by atoms with Crippen LogP contribution in [0.2, 0.25) is 0 Å². The number of ketones is 1. The minimum Gasteiger partial charge on any atom is -0.370 e. The topological polar surface area (TPSA) is 93.5 Å². The van der Waals surface area contributed by atoms with Crippen molar-refractivity contribution >= 4 is 17.6 Å². The number of carbonyl (C=O) groups excluding carboxylic acids is 1. The van der Waals surface area contributed by atoms with E-state index in [4.69, 9.17) is 10.3 Å². The van der Waals surface area contributed by atoms with E-state index in [1.165, 1.54) is 13.0 Å². The monoisotopic (exact) mass is 380 g/mol. The predicted molar refractivity (Wildman–Crippen MR) is 107 cm³/mol. The Morgan fingerprint density at radius 1 is 1.18 bits per heavy atom. The zero-order valence-electron chi connectivity index (χ0n) is 15.5. The zero-order chi connectivity index (χ0) is 19.9. The Kier molecular flexibility index (Phi) is 6.16. The molecule has 0 aliphatic heterocycles. The van der Waals surface area contributed by atoms with Gasteiger partial charge in [-0.15, -0.1) is 0 Å². The number of Topliss-reactive ketones (excluding diaryl/α,β-unsaturated/α-hetero) is 1. The van der Waals surface area contributed by atoms with Crippen LogP contribution in [0.15, 0.2) is 64.1 Å². The van der Waals surface area contributed by atoms with Crippen LogP contribution in [0.1, 0.15) is 18.2 Å². The van der Waals surface area contributed by atoms with Crippen LogP contribution in [0.25, 0.3) is 11.1 Å². The standard InChI is InChI=1S/C21H21FN4O2/c1-14(27)13-24-21(23)25-20-12-17(26-28-20)11-8-15-6-9-16(10-7-15)18-4-2-3-5-19(18)22/h2-7,9-10,12H,8,11,13H2,1H3,(H3,23,24,25). The quantitative estimate of drug-likeness (QED) is 0.483. The highest BCUT2D eigenvalue weighted by molar-refractivity contribution is 5.92. The first-order valence-electron chi connectivity index (χ1n) is 8.87. The van der Waals surface area contributed by atoms with E-state index in [1.54, 1.807) is 18.2 Å². The van der Waals surface area contributed by atoms with Crippen molar-refractivity contribution in [2.24, 2.45) is 10.7 Å². The summed E-state index contributed by atoms with van der Waals surface area (Å²) >= 11 is 0. The fraction of sp³-hybridized carbons (Fsp3) is 0.190. The summed E-state index contributed by atoms with van der Waals surface area (Å²) in [6, 6.07) is 16.2. The van der Waals surface area contributed by atoms with E-state index in [-0.39, 0.29) is 24.1 Å². The van der Waals surface area contributed by atoms with Crippen molar-refractivity contribution in [3.63, 3.8) is 0 Å². The number of hydrogen-bond donors (Lipinski definition) is 2. The number of benzene rings is 2. The third-order valence-corrected chi connectivity index (χ3v) is 4.09. The molecule has 0 aliphatic rings. The Morgan fingerprint density at radius 2 is 1.93 bits per heavy atom. The minimum atomic E-state index is -0.232. The maximum absolute atomic E-state index is 13.9. The number of aryl methyl sites for hydroxylation is 2. The molecule has 0 unspecified atom stereocenters. The molecule has 0 saturated carbocycles. The lowest BCUT2D eigenvalue weighted by atomic mass is 10.0. The van der Waals surface area contributed by atoms with E-state index in [0.29, 0.717) is 17.9 Å². The largest absolute Gasteiger partial charge is 0.370 e. The second kappa shape index (κ2) is 8.94. The third kappa shape index (κ3) is 5.26. The Labute approximate surface area is 162 Å². The van der Waals surface area contributed by atoms with Gasteiger partial charge in [0, 0.05) is 11.6 Å². The maximum atomic E-state index is 13.9. The number of halogens is 1. The number of anilines is 1. The van der Waals surface area contributed by atoms with Crippen LogP contribution in [0.3, 0.4) is 0 Å². The van der Waals surface area contributed by atoms with Crippen LogP contribution in [0.4, 0.5) is 10.3 Å². The summed E-state index contributed by atoms with van der Waals surface area (Å²) < 4.78 is 19.0. The lowest BCUT2D eigenvalue weighted by molar-refractivity contribution is -0.115. The van der Waals surface area contributed by atoms with Gasteiger partial charge in [-0.2, -0.15) is 0 Å². The van der Waals surface area contributed by atoms with Crippen molar-refractivity contribution in [1.29, 1.82) is 0 Å². The Hall–Kier alpha value is -3.48. The smallest absolute Gasteiger partial charge is 0.231 e. The highest BCUT2D eigenvalue weighted by atomic mass is 19.1. The van der Waals surface area contributed by atoms with Gasteiger partial charge < -0.3 is 10.3 Å². The van der Waals surface area contributed by atoms with Gasteiger partial charge in [-0.05, 0) is 37.0 Å². The lowest BCUT2D eigenvalue weighted by Crippen LogP contribution is -2.23. The molecule has 6 nitrogen and oxygen atoms in total.